The molecule has 9 heteroatoms. The summed E-state index contributed by atoms with van der Waals surface area (Å²) < 4.78 is 40.8. The Labute approximate surface area is 166 Å². The highest BCUT2D eigenvalue weighted by Gasteiger charge is 2.23. The second-order valence-corrected chi connectivity index (χ2v) is 6.21. The van der Waals surface area contributed by atoms with Crippen molar-refractivity contribution in [3.63, 3.8) is 0 Å². The summed E-state index contributed by atoms with van der Waals surface area (Å²) >= 11 is 0. The predicted octanol–water partition coefficient (Wildman–Crippen LogP) is 3.29. The van der Waals surface area contributed by atoms with Crippen LogP contribution in [0.4, 0.5) is 13.2 Å². The second-order valence-electron chi connectivity index (χ2n) is 6.21. The maximum absolute atomic E-state index is 13.9. The summed E-state index contributed by atoms with van der Waals surface area (Å²) in [6.07, 6.45) is 0. The Morgan fingerprint density at radius 3 is 2.45 bits per heavy atom. The van der Waals surface area contributed by atoms with Crippen LogP contribution in [0.15, 0.2) is 35.5 Å². The number of rotatable bonds is 8. The van der Waals surface area contributed by atoms with E-state index in [0.29, 0.717) is 23.3 Å². The SMILES string of the molecule is CNC(=O)C(NOC)c1cccc(C)c1CO/N=C(\C)c1c(F)cc(F)cc1F. The first kappa shape index (κ1) is 22.4. The topological polar surface area (TPSA) is 72.0 Å². The van der Waals surface area contributed by atoms with E-state index in [1.807, 2.05) is 13.0 Å². The molecule has 1 atom stereocenters. The number of likely N-dealkylation sites (N-methyl/N-ethyl adjacent to an activating group) is 1. The molecule has 6 nitrogen and oxygen atoms in total. The highest BCUT2D eigenvalue weighted by molar-refractivity contribution is 5.98. The molecule has 2 aromatic rings. The van der Waals surface area contributed by atoms with Crippen LogP contribution < -0.4 is 10.8 Å². The van der Waals surface area contributed by atoms with Gasteiger partial charge in [0.1, 0.15) is 30.1 Å². The normalized spacial score (nSPS) is 12.6. The van der Waals surface area contributed by atoms with Gasteiger partial charge in [0.2, 0.25) is 5.91 Å². The zero-order valence-corrected chi connectivity index (χ0v) is 16.5. The minimum Gasteiger partial charge on any atom is -0.391 e. The molecule has 0 aliphatic rings. The maximum Gasteiger partial charge on any atom is 0.243 e. The number of benzene rings is 2. The van der Waals surface area contributed by atoms with Crippen molar-refractivity contribution >= 4 is 11.6 Å². The molecule has 156 valence electrons. The van der Waals surface area contributed by atoms with Crippen LogP contribution in [0.25, 0.3) is 0 Å². The van der Waals surface area contributed by atoms with Crippen molar-refractivity contribution in [3.8, 4) is 0 Å². The van der Waals surface area contributed by atoms with Gasteiger partial charge < -0.3 is 15.0 Å². The molecule has 1 unspecified atom stereocenters. The van der Waals surface area contributed by atoms with Crippen molar-refractivity contribution in [3.05, 3.63) is 70.0 Å². The molecule has 0 saturated heterocycles. The predicted molar refractivity (Wildman–Crippen MR) is 101 cm³/mol. The van der Waals surface area contributed by atoms with E-state index >= 15 is 0 Å². The molecule has 0 aliphatic heterocycles. The van der Waals surface area contributed by atoms with E-state index in [-0.39, 0.29) is 18.2 Å². The van der Waals surface area contributed by atoms with Crippen LogP contribution in [0.5, 0.6) is 0 Å². The summed E-state index contributed by atoms with van der Waals surface area (Å²) in [6.45, 7) is 3.10. The van der Waals surface area contributed by atoms with E-state index in [4.69, 9.17) is 9.68 Å². The van der Waals surface area contributed by atoms with Crippen molar-refractivity contribution in [1.82, 2.24) is 10.8 Å². The van der Waals surface area contributed by atoms with Crippen LogP contribution in [-0.2, 0) is 21.1 Å². The average Bonchev–Trinajstić information content (AvgIpc) is 2.66. The first-order valence-electron chi connectivity index (χ1n) is 8.70. The van der Waals surface area contributed by atoms with E-state index in [9.17, 15) is 18.0 Å². The molecule has 0 spiro atoms. The Morgan fingerprint density at radius 2 is 1.86 bits per heavy atom. The summed E-state index contributed by atoms with van der Waals surface area (Å²) in [5.41, 5.74) is 4.13. The number of carbonyl (C=O) groups excluding carboxylic acids is 1. The number of halogens is 3. The lowest BCUT2D eigenvalue weighted by atomic mass is 9.96. The second kappa shape index (κ2) is 10.0. The zero-order chi connectivity index (χ0) is 21.6. The Kier molecular flexibility index (Phi) is 7.74. The smallest absolute Gasteiger partial charge is 0.243 e. The number of hydroxylamine groups is 1. The number of carbonyl (C=O) groups is 1. The molecular weight excluding hydrogens is 387 g/mol. The van der Waals surface area contributed by atoms with Crippen molar-refractivity contribution in [2.75, 3.05) is 14.2 Å². The number of nitrogens with one attached hydrogen (secondary N) is 2. The van der Waals surface area contributed by atoms with Gasteiger partial charge in [0.15, 0.2) is 0 Å². The average molecular weight is 409 g/mol. The van der Waals surface area contributed by atoms with Gasteiger partial charge in [0.25, 0.3) is 0 Å². The Balaban J connectivity index is 2.29. The fourth-order valence-corrected chi connectivity index (χ4v) is 2.84. The van der Waals surface area contributed by atoms with Gasteiger partial charge in [0.05, 0.1) is 18.4 Å². The molecule has 2 N–H and O–H groups in total. The summed E-state index contributed by atoms with van der Waals surface area (Å²) in [4.78, 5) is 22.4. The first-order chi connectivity index (χ1) is 13.8. The van der Waals surface area contributed by atoms with Gasteiger partial charge in [0, 0.05) is 24.7 Å². The fourth-order valence-electron chi connectivity index (χ4n) is 2.84. The number of aryl methyl sites for hydroxylation is 1. The minimum atomic E-state index is -1.08. The number of amides is 1. The third-order valence-electron chi connectivity index (χ3n) is 4.28. The van der Waals surface area contributed by atoms with Gasteiger partial charge in [-0.3, -0.25) is 4.79 Å². The summed E-state index contributed by atoms with van der Waals surface area (Å²) in [7, 11) is 2.89. The van der Waals surface area contributed by atoms with Crippen molar-refractivity contribution in [2.45, 2.75) is 26.5 Å². The van der Waals surface area contributed by atoms with Crippen LogP contribution in [0.2, 0.25) is 0 Å². The van der Waals surface area contributed by atoms with Crippen LogP contribution >= 0.6 is 0 Å². The van der Waals surface area contributed by atoms with Crippen LogP contribution in [0.3, 0.4) is 0 Å². The van der Waals surface area contributed by atoms with Gasteiger partial charge >= 0.3 is 0 Å². The molecule has 0 aromatic heterocycles. The summed E-state index contributed by atoms with van der Waals surface area (Å²) in [6, 6.07) is 5.67. The minimum absolute atomic E-state index is 0.0668. The molecule has 2 rings (SSSR count). The monoisotopic (exact) mass is 409 g/mol. The lowest BCUT2D eigenvalue weighted by Crippen LogP contribution is -2.36. The highest BCUT2D eigenvalue weighted by atomic mass is 19.1. The van der Waals surface area contributed by atoms with Crippen LogP contribution in [-0.4, -0.2) is 25.8 Å². The van der Waals surface area contributed by atoms with E-state index < -0.39 is 29.1 Å². The number of hydrogen-bond acceptors (Lipinski definition) is 5. The molecule has 0 aliphatic carbocycles. The molecule has 2 aromatic carbocycles. The third kappa shape index (κ3) is 5.33. The van der Waals surface area contributed by atoms with Crippen molar-refractivity contribution in [2.24, 2.45) is 5.16 Å². The van der Waals surface area contributed by atoms with Gasteiger partial charge in [-0.2, -0.15) is 5.48 Å². The summed E-state index contributed by atoms with van der Waals surface area (Å²) in [5, 5.41) is 6.30. The largest absolute Gasteiger partial charge is 0.391 e. The van der Waals surface area contributed by atoms with E-state index in [2.05, 4.69) is 16.0 Å². The maximum atomic E-state index is 13.9. The zero-order valence-electron chi connectivity index (χ0n) is 16.5. The van der Waals surface area contributed by atoms with Crippen LogP contribution in [0.1, 0.15) is 35.2 Å². The van der Waals surface area contributed by atoms with Gasteiger partial charge in [-0.1, -0.05) is 23.4 Å². The van der Waals surface area contributed by atoms with Gasteiger partial charge in [-0.15, -0.1) is 0 Å². The number of hydrogen-bond donors (Lipinski definition) is 2. The Morgan fingerprint density at radius 1 is 1.21 bits per heavy atom. The summed E-state index contributed by atoms with van der Waals surface area (Å²) in [5.74, 6) is -3.50. The molecule has 0 radical (unpaired) electrons. The van der Waals surface area contributed by atoms with E-state index in [1.54, 1.807) is 12.1 Å². The highest BCUT2D eigenvalue weighted by Crippen LogP contribution is 2.23. The first-order valence-corrected chi connectivity index (χ1v) is 8.70. The number of nitrogens with zero attached hydrogens (tertiary/aromatic N) is 1. The molecular formula is C20H22F3N3O3. The molecule has 0 bridgehead atoms. The third-order valence-corrected chi connectivity index (χ3v) is 4.28. The quantitative estimate of drug-likeness (QED) is 0.519. The van der Waals surface area contributed by atoms with Crippen LogP contribution in [0, 0.1) is 24.4 Å². The molecule has 1 amide bonds. The standard InChI is InChI=1S/C20H22F3N3O3/c1-11-6-5-7-14(19(26-28-4)20(27)24-3)15(11)10-29-25-12(2)18-16(22)8-13(21)9-17(18)23/h5-9,19,26H,10H2,1-4H3,(H,24,27)/b25-12+. The molecule has 29 heavy (non-hydrogen) atoms. The lowest BCUT2D eigenvalue weighted by molar-refractivity contribution is -0.126. The molecule has 0 fully saturated rings. The fraction of sp³-hybridized carbons (Fsp3) is 0.300. The Bertz CT molecular complexity index is 896. The van der Waals surface area contributed by atoms with Gasteiger partial charge in [-0.25, -0.2) is 13.2 Å². The Hall–Kier alpha value is -2.91. The van der Waals surface area contributed by atoms with Gasteiger partial charge in [-0.05, 0) is 25.0 Å². The lowest BCUT2D eigenvalue weighted by Gasteiger charge is -2.20. The van der Waals surface area contributed by atoms with E-state index in [0.717, 1.165) is 5.56 Å². The van der Waals surface area contributed by atoms with E-state index in [1.165, 1.54) is 21.1 Å². The molecule has 0 heterocycles. The number of oxime groups is 1. The molecule has 0 saturated carbocycles. The van der Waals surface area contributed by atoms with Crippen molar-refractivity contribution < 1.29 is 27.6 Å². The van der Waals surface area contributed by atoms with Crippen molar-refractivity contribution in [1.29, 1.82) is 0 Å².